The highest BCUT2D eigenvalue weighted by molar-refractivity contribution is 5.97. The molecule has 1 aromatic heterocycles. The van der Waals surface area contributed by atoms with Gasteiger partial charge in [-0.3, -0.25) is 14.8 Å². The summed E-state index contributed by atoms with van der Waals surface area (Å²) in [7, 11) is 1.79. The third kappa shape index (κ3) is 3.11. The Morgan fingerprint density at radius 3 is 2.55 bits per heavy atom. The van der Waals surface area contributed by atoms with Gasteiger partial charge in [-0.1, -0.05) is 13.8 Å². The second kappa shape index (κ2) is 5.54. The van der Waals surface area contributed by atoms with Crippen molar-refractivity contribution in [3.63, 3.8) is 0 Å². The van der Waals surface area contributed by atoms with Crippen LogP contribution < -0.4 is 5.73 Å². The molecular formula is C15H20N4O. The third-order valence-electron chi connectivity index (χ3n) is 3.28. The van der Waals surface area contributed by atoms with Crippen LogP contribution in [0.25, 0.3) is 11.0 Å². The molecule has 20 heavy (non-hydrogen) atoms. The number of benzene rings is 1. The summed E-state index contributed by atoms with van der Waals surface area (Å²) < 4.78 is 0. The lowest BCUT2D eigenvalue weighted by molar-refractivity contribution is 0.0740. The molecular weight excluding hydrogens is 252 g/mol. The first-order chi connectivity index (χ1) is 9.43. The van der Waals surface area contributed by atoms with Gasteiger partial charge in [0.05, 0.1) is 11.0 Å². The van der Waals surface area contributed by atoms with Gasteiger partial charge < -0.3 is 10.6 Å². The number of nitrogens with zero attached hydrogens (tertiary/aromatic N) is 3. The first-order valence-electron chi connectivity index (χ1n) is 6.59. The van der Waals surface area contributed by atoms with Gasteiger partial charge in [0.2, 0.25) is 0 Å². The van der Waals surface area contributed by atoms with Crippen LogP contribution in [-0.2, 0) is 0 Å². The van der Waals surface area contributed by atoms with Crippen LogP contribution in [0.5, 0.6) is 0 Å². The number of fused-ring (bicyclic) bond motifs is 1. The maximum Gasteiger partial charge on any atom is 0.253 e. The molecule has 2 aromatic rings. The molecule has 0 atom stereocenters. The summed E-state index contributed by atoms with van der Waals surface area (Å²) in [5.74, 6) is -0.0286. The maximum absolute atomic E-state index is 12.4. The average Bonchev–Trinajstić information content (AvgIpc) is 2.45. The molecule has 0 saturated heterocycles. The van der Waals surface area contributed by atoms with Gasteiger partial charge in [0.25, 0.3) is 5.91 Å². The predicted octanol–water partition coefficient (Wildman–Crippen LogP) is 1.69. The number of aromatic nitrogens is 2. The molecule has 5 nitrogen and oxygen atoms in total. The molecule has 0 fully saturated rings. The van der Waals surface area contributed by atoms with Crippen LogP contribution in [0.4, 0.5) is 0 Å². The first kappa shape index (κ1) is 14.4. The smallest absolute Gasteiger partial charge is 0.253 e. The Balaban J connectivity index is 2.22. The molecule has 0 spiro atoms. The van der Waals surface area contributed by atoms with Gasteiger partial charge in [-0.2, -0.15) is 0 Å². The zero-order valence-electron chi connectivity index (χ0n) is 12.1. The molecule has 1 aromatic carbocycles. The fourth-order valence-corrected chi connectivity index (χ4v) is 2.10. The van der Waals surface area contributed by atoms with Gasteiger partial charge >= 0.3 is 0 Å². The van der Waals surface area contributed by atoms with Crippen molar-refractivity contribution in [2.75, 3.05) is 20.1 Å². The van der Waals surface area contributed by atoms with Crippen molar-refractivity contribution in [2.45, 2.75) is 13.8 Å². The Morgan fingerprint density at radius 2 is 1.90 bits per heavy atom. The minimum atomic E-state index is -0.0962. The van der Waals surface area contributed by atoms with Crippen molar-refractivity contribution in [3.05, 3.63) is 36.2 Å². The van der Waals surface area contributed by atoms with Gasteiger partial charge in [-0.25, -0.2) is 0 Å². The van der Waals surface area contributed by atoms with E-state index in [0.29, 0.717) is 18.7 Å². The molecule has 0 aliphatic rings. The van der Waals surface area contributed by atoms with Crippen LogP contribution in [0.3, 0.4) is 0 Å². The van der Waals surface area contributed by atoms with Crippen molar-refractivity contribution < 1.29 is 4.79 Å². The highest BCUT2D eigenvalue weighted by Gasteiger charge is 2.22. The van der Waals surface area contributed by atoms with Gasteiger partial charge in [0.15, 0.2) is 0 Å². The van der Waals surface area contributed by atoms with Crippen molar-refractivity contribution >= 4 is 16.9 Å². The van der Waals surface area contributed by atoms with E-state index in [2.05, 4.69) is 9.97 Å². The largest absolute Gasteiger partial charge is 0.341 e. The predicted molar refractivity (Wildman–Crippen MR) is 79.3 cm³/mol. The van der Waals surface area contributed by atoms with Crippen LogP contribution >= 0.6 is 0 Å². The Kier molecular flexibility index (Phi) is 3.99. The van der Waals surface area contributed by atoms with E-state index in [1.54, 1.807) is 36.5 Å². The third-order valence-corrected chi connectivity index (χ3v) is 3.28. The lowest BCUT2D eigenvalue weighted by Gasteiger charge is -2.29. The topological polar surface area (TPSA) is 72.1 Å². The lowest BCUT2D eigenvalue weighted by atomic mass is 9.93. The van der Waals surface area contributed by atoms with Gasteiger partial charge in [-0.15, -0.1) is 0 Å². The molecule has 2 rings (SSSR count). The molecule has 0 aliphatic carbocycles. The number of hydrogen-bond acceptors (Lipinski definition) is 4. The first-order valence-corrected chi connectivity index (χ1v) is 6.59. The minimum Gasteiger partial charge on any atom is -0.341 e. The van der Waals surface area contributed by atoms with Gasteiger partial charge in [0.1, 0.15) is 0 Å². The van der Waals surface area contributed by atoms with E-state index < -0.39 is 0 Å². The molecule has 0 radical (unpaired) electrons. The molecule has 106 valence electrons. The van der Waals surface area contributed by atoms with E-state index in [-0.39, 0.29) is 11.3 Å². The number of carbonyl (C=O) groups is 1. The van der Waals surface area contributed by atoms with E-state index in [0.717, 1.165) is 11.0 Å². The fourth-order valence-electron chi connectivity index (χ4n) is 2.10. The van der Waals surface area contributed by atoms with Crippen molar-refractivity contribution in [3.8, 4) is 0 Å². The number of nitrogens with two attached hydrogens (primary N) is 1. The van der Waals surface area contributed by atoms with Gasteiger partial charge in [-0.05, 0) is 30.2 Å². The van der Waals surface area contributed by atoms with Crippen molar-refractivity contribution in [1.82, 2.24) is 14.9 Å². The number of hydrogen-bond donors (Lipinski definition) is 1. The van der Waals surface area contributed by atoms with Crippen LogP contribution in [-0.4, -0.2) is 40.9 Å². The Morgan fingerprint density at radius 1 is 1.25 bits per heavy atom. The van der Waals surface area contributed by atoms with Crippen molar-refractivity contribution in [2.24, 2.45) is 11.1 Å². The summed E-state index contributed by atoms with van der Waals surface area (Å²) in [4.78, 5) is 22.5. The summed E-state index contributed by atoms with van der Waals surface area (Å²) in [5, 5.41) is 0. The number of amides is 1. The average molecular weight is 272 g/mol. The van der Waals surface area contributed by atoms with Crippen LogP contribution in [0.1, 0.15) is 24.2 Å². The van der Waals surface area contributed by atoms with Gasteiger partial charge in [0, 0.05) is 31.5 Å². The second-order valence-corrected chi connectivity index (χ2v) is 5.79. The monoisotopic (exact) mass is 272 g/mol. The summed E-state index contributed by atoms with van der Waals surface area (Å²) in [6, 6.07) is 5.37. The molecule has 2 N–H and O–H groups in total. The molecule has 0 aliphatic heterocycles. The van der Waals surface area contributed by atoms with E-state index >= 15 is 0 Å². The van der Waals surface area contributed by atoms with E-state index in [9.17, 15) is 4.79 Å². The zero-order chi connectivity index (χ0) is 14.8. The zero-order valence-corrected chi connectivity index (χ0v) is 12.1. The van der Waals surface area contributed by atoms with E-state index in [1.165, 1.54) is 0 Å². The molecule has 0 unspecified atom stereocenters. The normalized spacial score (nSPS) is 11.6. The highest BCUT2D eigenvalue weighted by atomic mass is 16.2. The second-order valence-electron chi connectivity index (χ2n) is 5.79. The summed E-state index contributed by atoms with van der Waals surface area (Å²) in [5.41, 5.74) is 7.75. The molecule has 5 heteroatoms. The Hall–Kier alpha value is -2.01. The fraction of sp³-hybridized carbons (Fsp3) is 0.400. The molecule has 0 bridgehead atoms. The number of carbonyl (C=O) groups excluding carboxylic acids is 1. The molecule has 0 saturated carbocycles. The maximum atomic E-state index is 12.4. The summed E-state index contributed by atoms with van der Waals surface area (Å²) in [6.07, 6.45) is 3.26. The molecule has 1 heterocycles. The van der Waals surface area contributed by atoms with Crippen LogP contribution in [0.2, 0.25) is 0 Å². The number of rotatable bonds is 4. The quantitative estimate of drug-likeness (QED) is 0.919. The summed E-state index contributed by atoms with van der Waals surface area (Å²) >= 11 is 0. The lowest BCUT2D eigenvalue weighted by Crippen LogP contribution is -2.39. The summed E-state index contributed by atoms with van der Waals surface area (Å²) in [6.45, 7) is 5.24. The Labute approximate surface area is 118 Å². The van der Waals surface area contributed by atoms with E-state index in [4.69, 9.17) is 5.73 Å². The molecule has 1 amide bonds. The van der Waals surface area contributed by atoms with E-state index in [1.807, 2.05) is 19.9 Å². The van der Waals surface area contributed by atoms with Crippen LogP contribution in [0.15, 0.2) is 30.6 Å². The Bertz CT molecular complexity index is 624. The van der Waals surface area contributed by atoms with Crippen molar-refractivity contribution in [1.29, 1.82) is 0 Å². The SMILES string of the molecule is CN(CC(C)(C)CN)C(=O)c1ccc2nccnc2c1. The highest BCUT2D eigenvalue weighted by Crippen LogP contribution is 2.17. The standard InChI is InChI=1S/C15H20N4O/c1-15(2,9-16)10-19(3)14(20)11-4-5-12-13(8-11)18-7-6-17-12/h4-8H,9-10,16H2,1-3H3. The van der Waals surface area contributed by atoms with Crippen LogP contribution in [0, 0.1) is 5.41 Å². The minimum absolute atomic E-state index is 0.0286.